The van der Waals surface area contributed by atoms with Crippen LogP contribution in [-0.4, -0.2) is 28.0 Å². The molecular weight excluding hydrogens is 210 g/mol. The molecule has 0 aliphatic carbocycles. The van der Waals surface area contributed by atoms with Crippen LogP contribution in [0.25, 0.3) is 0 Å². The molecule has 0 aromatic carbocycles. The second kappa shape index (κ2) is 5.41. The molecule has 0 saturated heterocycles. The van der Waals surface area contributed by atoms with Gasteiger partial charge in [0.05, 0.1) is 5.69 Å². The van der Waals surface area contributed by atoms with Crippen LogP contribution in [0.3, 0.4) is 0 Å². The quantitative estimate of drug-likeness (QED) is 0.748. The Morgan fingerprint density at radius 1 is 1.47 bits per heavy atom. The lowest BCUT2D eigenvalue weighted by Crippen LogP contribution is -2.31. The van der Waals surface area contributed by atoms with Crippen LogP contribution in [0.4, 0.5) is 0 Å². The van der Waals surface area contributed by atoms with Crippen LogP contribution in [0.2, 0.25) is 0 Å². The van der Waals surface area contributed by atoms with Crippen molar-refractivity contribution in [2.24, 2.45) is 0 Å². The molecule has 0 bridgehead atoms. The number of fused-ring (bicyclic) bond motifs is 1. The number of hydrogen-bond donors (Lipinski definition) is 0. The van der Waals surface area contributed by atoms with Gasteiger partial charge in [0.1, 0.15) is 5.82 Å². The number of aryl methyl sites for hydroxylation is 1. The van der Waals surface area contributed by atoms with E-state index in [0.717, 1.165) is 38.3 Å². The van der Waals surface area contributed by atoms with Crippen molar-refractivity contribution in [1.29, 1.82) is 0 Å². The molecule has 3 nitrogen and oxygen atoms in total. The van der Waals surface area contributed by atoms with Crippen LogP contribution in [0.1, 0.15) is 37.9 Å². The van der Waals surface area contributed by atoms with Gasteiger partial charge in [0, 0.05) is 32.3 Å². The summed E-state index contributed by atoms with van der Waals surface area (Å²) >= 11 is 0. The summed E-state index contributed by atoms with van der Waals surface area (Å²) in [5.74, 6) is 0.966. The lowest BCUT2D eigenvalue weighted by atomic mass is 10.1. The van der Waals surface area contributed by atoms with E-state index in [9.17, 15) is 0 Å². The van der Waals surface area contributed by atoms with Gasteiger partial charge in [-0.15, -0.1) is 0 Å². The average Bonchev–Trinajstić information content (AvgIpc) is 2.35. The molecule has 1 aromatic rings. The summed E-state index contributed by atoms with van der Waals surface area (Å²) in [6, 6.07) is 0. The van der Waals surface area contributed by atoms with E-state index in [2.05, 4.69) is 41.7 Å². The molecule has 1 aromatic heterocycles. The van der Waals surface area contributed by atoms with E-state index >= 15 is 0 Å². The SMILES string of the molecule is CCc1ncc2c(n1)CN(CC=C(C)C)CC2. The minimum absolute atomic E-state index is 0.918. The molecule has 92 valence electrons. The van der Waals surface area contributed by atoms with Crippen LogP contribution >= 0.6 is 0 Å². The lowest BCUT2D eigenvalue weighted by Gasteiger charge is -2.27. The summed E-state index contributed by atoms with van der Waals surface area (Å²) in [7, 11) is 0. The van der Waals surface area contributed by atoms with Gasteiger partial charge in [0.15, 0.2) is 0 Å². The molecule has 0 radical (unpaired) electrons. The normalized spacial score (nSPS) is 15.5. The smallest absolute Gasteiger partial charge is 0.128 e. The van der Waals surface area contributed by atoms with Crippen molar-refractivity contribution in [2.45, 2.75) is 40.2 Å². The van der Waals surface area contributed by atoms with E-state index in [1.54, 1.807) is 0 Å². The number of allylic oxidation sites excluding steroid dienone is 1. The topological polar surface area (TPSA) is 29.0 Å². The molecule has 2 heterocycles. The van der Waals surface area contributed by atoms with Crippen LogP contribution in [0.15, 0.2) is 17.8 Å². The second-order valence-electron chi connectivity index (χ2n) is 4.88. The zero-order valence-corrected chi connectivity index (χ0v) is 11.0. The molecule has 3 heteroatoms. The molecule has 0 saturated carbocycles. The zero-order chi connectivity index (χ0) is 12.3. The number of nitrogens with zero attached hydrogens (tertiary/aromatic N) is 3. The fraction of sp³-hybridized carbons (Fsp3) is 0.571. The third-order valence-corrected chi connectivity index (χ3v) is 3.15. The summed E-state index contributed by atoms with van der Waals surface area (Å²) in [5.41, 5.74) is 3.94. The predicted molar refractivity (Wildman–Crippen MR) is 69.8 cm³/mol. The van der Waals surface area contributed by atoms with Crippen LogP contribution in [-0.2, 0) is 19.4 Å². The summed E-state index contributed by atoms with van der Waals surface area (Å²) < 4.78 is 0. The van der Waals surface area contributed by atoms with Crippen molar-refractivity contribution >= 4 is 0 Å². The molecule has 17 heavy (non-hydrogen) atoms. The first-order valence-corrected chi connectivity index (χ1v) is 6.38. The Labute approximate surface area is 104 Å². The molecule has 1 aliphatic heterocycles. The third kappa shape index (κ3) is 3.13. The Balaban J connectivity index is 2.09. The van der Waals surface area contributed by atoms with Crippen molar-refractivity contribution in [3.8, 4) is 0 Å². The zero-order valence-electron chi connectivity index (χ0n) is 11.0. The van der Waals surface area contributed by atoms with Gasteiger partial charge >= 0.3 is 0 Å². The number of hydrogen-bond acceptors (Lipinski definition) is 3. The van der Waals surface area contributed by atoms with E-state index in [0.29, 0.717) is 0 Å². The van der Waals surface area contributed by atoms with E-state index in [1.807, 2.05) is 6.20 Å². The second-order valence-corrected chi connectivity index (χ2v) is 4.88. The molecule has 0 unspecified atom stereocenters. The van der Waals surface area contributed by atoms with Crippen LogP contribution < -0.4 is 0 Å². The van der Waals surface area contributed by atoms with Crippen molar-refractivity contribution in [2.75, 3.05) is 13.1 Å². The molecule has 0 amide bonds. The Kier molecular flexibility index (Phi) is 3.89. The minimum Gasteiger partial charge on any atom is -0.294 e. The summed E-state index contributed by atoms with van der Waals surface area (Å²) in [6.07, 6.45) is 6.30. The Bertz CT molecular complexity index is 419. The Hall–Kier alpha value is -1.22. The highest BCUT2D eigenvalue weighted by Crippen LogP contribution is 2.16. The maximum atomic E-state index is 4.64. The highest BCUT2D eigenvalue weighted by Gasteiger charge is 2.17. The van der Waals surface area contributed by atoms with Gasteiger partial charge < -0.3 is 0 Å². The van der Waals surface area contributed by atoms with Crippen molar-refractivity contribution in [3.63, 3.8) is 0 Å². The van der Waals surface area contributed by atoms with E-state index in [-0.39, 0.29) is 0 Å². The van der Waals surface area contributed by atoms with Gasteiger partial charge in [-0.1, -0.05) is 18.6 Å². The first kappa shape index (κ1) is 12.2. The first-order valence-electron chi connectivity index (χ1n) is 6.38. The summed E-state index contributed by atoms with van der Waals surface area (Å²) in [6.45, 7) is 9.52. The largest absolute Gasteiger partial charge is 0.294 e. The molecule has 2 rings (SSSR count). The minimum atomic E-state index is 0.918. The molecular formula is C14H21N3. The van der Waals surface area contributed by atoms with Gasteiger partial charge in [-0.3, -0.25) is 4.90 Å². The van der Waals surface area contributed by atoms with Gasteiger partial charge in [-0.05, 0) is 25.8 Å². The van der Waals surface area contributed by atoms with Crippen LogP contribution in [0.5, 0.6) is 0 Å². The van der Waals surface area contributed by atoms with E-state index in [1.165, 1.54) is 16.8 Å². The summed E-state index contributed by atoms with van der Waals surface area (Å²) in [4.78, 5) is 11.5. The van der Waals surface area contributed by atoms with Crippen molar-refractivity contribution < 1.29 is 0 Å². The number of aromatic nitrogens is 2. The molecule has 0 atom stereocenters. The average molecular weight is 231 g/mol. The fourth-order valence-corrected chi connectivity index (χ4v) is 2.04. The monoisotopic (exact) mass is 231 g/mol. The van der Waals surface area contributed by atoms with Crippen LogP contribution in [0, 0.1) is 0 Å². The maximum absolute atomic E-state index is 4.64. The van der Waals surface area contributed by atoms with Crippen molar-refractivity contribution in [3.05, 3.63) is 34.9 Å². The third-order valence-electron chi connectivity index (χ3n) is 3.15. The summed E-state index contributed by atoms with van der Waals surface area (Å²) in [5, 5.41) is 0. The molecule has 0 fully saturated rings. The first-order chi connectivity index (χ1) is 8.19. The standard InChI is InChI=1S/C14H21N3/c1-4-14-15-9-12-6-8-17(7-5-11(2)3)10-13(12)16-14/h5,9H,4,6-8,10H2,1-3H3. The fourth-order valence-electron chi connectivity index (χ4n) is 2.04. The van der Waals surface area contributed by atoms with Gasteiger partial charge in [-0.2, -0.15) is 0 Å². The van der Waals surface area contributed by atoms with E-state index in [4.69, 9.17) is 0 Å². The highest BCUT2D eigenvalue weighted by molar-refractivity contribution is 5.21. The van der Waals surface area contributed by atoms with Gasteiger partial charge in [0.2, 0.25) is 0 Å². The van der Waals surface area contributed by atoms with Gasteiger partial charge in [0.25, 0.3) is 0 Å². The highest BCUT2D eigenvalue weighted by atomic mass is 15.1. The predicted octanol–water partition coefficient (Wildman–Crippen LogP) is 2.36. The van der Waals surface area contributed by atoms with Crippen molar-refractivity contribution in [1.82, 2.24) is 14.9 Å². The lowest BCUT2D eigenvalue weighted by molar-refractivity contribution is 0.275. The van der Waals surface area contributed by atoms with Gasteiger partial charge in [-0.25, -0.2) is 9.97 Å². The maximum Gasteiger partial charge on any atom is 0.128 e. The Morgan fingerprint density at radius 3 is 3.00 bits per heavy atom. The Morgan fingerprint density at radius 2 is 2.29 bits per heavy atom. The molecule has 0 spiro atoms. The molecule has 1 aliphatic rings. The van der Waals surface area contributed by atoms with E-state index < -0.39 is 0 Å². The number of rotatable bonds is 3. The molecule has 0 N–H and O–H groups in total.